The molecule has 0 radical (unpaired) electrons. The summed E-state index contributed by atoms with van der Waals surface area (Å²) < 4.78 is 1.49. The maximum Gasteiger partial charge on any atom is 0.276 e. The zero-order valence-electron chi connectivity index (χ0n) is 19.8. The highest BCUT2D eigenvalue weighted by molar-refractivity contribution is 8.15. The Labute approximate surface area is 233 Å². The molecule has 0 spiro atoms. The van der Waals surface area contributed by atoms with Gasteiger partial charge < -0.3 is 0 Å². The van der Waals surface area contributed by atoms with E-state index in [1.165, 1.54) is 53.8 Å². The summed E-state index contributed by atoms with van der Waals surface area (Å²) in [5.74, 6) is -0.570. The number of fused-ring (bicyclic) bond motifs is 1. The van der Waals surface area contributed by atoms with Crippen molar-refractivity contribution < 1.29 is 19.4 Å². The van der Waals surface area contributed by atoms with E-state index in [-0.39, 0.29) is 39.1 Å². The first-order chi connectivity index (χ1) is 18.8. The Kier molecular flexibility index (Phi) is 7.70. The third-order valence-corrected chi connectivity index (χ3v) is 8.79. The molecule has 196 valence electrons. The number of nitrogens with one attached hydrogen (secondary N) is 1. The van der Waals surface area contributed by atoms with Gasteiger partial charge >= 0.3 is 0 Å². The lowest BCUT2D eigenvalue weighted by atomic mass is 10.1. The van der Waals surface area contributed by atoms with E-state index in [0.717, 1.165) is 38.7 Å². The van der Waals surface area contributed by atoms with Crippen molar-refractivity contribution in [2.24, 2.45) is 0 Å². The van der Waals surface area contributed by atoms with Crippen molar-refractivity contribution in [1.29, 1.82) is 0 Å². The first kappa shape index (κ1) is 26.5. The second kappa shape index (κ2) is 11.3. The average molecular weight is 580 g/mol. The zero-order chi connectivity index (χ0) is 27.5. The average Bonchev–Trinajstić information content (AvgIpc) is 3.47. The van der Waals surface area contributed by atoms with E-state index in [4.69, 9.17) is 0 Å². The van der Waals surface area contributed by atoms with Crippen LogP contribution in [0.3, 0.4) is 0 Å². The number of hydrogen-bond donors (Lipinski definition) is 1. The van der Waals surface area contributed by atoms with Crippen molar-refractivity contribution in [3.05, 3.63) is 109 Å². The maximum absolute atomic E-state index is 13.5. The SMILES string of the molecule is O=C(CNN1C(=O)/C(=C\c2ccccc2[N+](=O)[O-])SC1c1ccccc1[N+](=O)[O-])Sc1nc2ccccc2s1. The quantitative estimate of drug-likeness (QED) is 0.122. The number of nitro groups is 2. The lowest BCUT2D eigenvalue weighted by Gasteiger charge is -2.23. The number of hydrazine groups is 1. The standard InChI is InChI=1S/C25H17N5O6S3/c31-22(39-25-27-17-9-3-6-12-20(17)38-25)14-26-28-23(32)21(13-15-7-1-4-10-18(15)29(33)34)37-24(28)16-8-2-5-11-19(16)30(35)36/h1-13,24,26H,14H2/b21-13+. The summed E-state index contributed by atoms with van der Waals surface area (Å²) in [6.45, 7) is -0.261. The van der Waals surface area contributed by atoms with Crippen molar-refractivity contribution in [2.45, 2.75) is 9.71 Å². The molecule has 39 heavy (non-hydrogen) atoms. The summed E-state index contributed by atoms with van der Waals surface area (Å²) in [7, 11) is 0. The second-order valence-electron chi connectivity index (χ2n) is 8.04. The van der Waals surface area contributed by atoms with Crippen LogP contribution in [0.5, 0.6) is 0 Å². The first-order valence-corrected chi connectivity index (χ1v) is 13.8. The van der Waals surface area contributed by atoms with E-state index in [1.807, 2.05) is 24.3 Å². The van der Waals surface area contributed by atoms with E-state index in [9.17, 15) is 29.8 Å². The Morgan fingerprint density at radius 3 is 2.41 bits per heavy atom. The summed E-state index contributed by atoms with van der Waals surface area (Å²) in [6, 6.07) is 19.4. The number of thiazole rings is 1. The fourth-order valence-electron chi connectivity index (χ4n) is 3.86. The summed E-state index contributed by atoms with van der Waals surface area (Å²) in [5, 5.41) is 23.1. The Morgan fingerprint density at radius 1 is 1.00 bits per heavy atom. The third-order valence-electron chi connectivity index (χ3n) is 5.59. The topological polar surface area (TPSA) is 149 Å². The number of thioether (sulfide) groups is 2. The molecule has 0 aliphatic carbocycles. The lowest BCUT2D eigenvalue weighted by Crippen LogP contribution is -2.42. The van der Waals surface area contributed by atoms with Gasteiger partial charge in [-0.3, -0.25) is 34.8 Å². The van der Waals surface area contributed by atoms with E-state index < -0.39 is 21.1 Å². The molecule has 14 heteroatoms. The number of nitro benzene ring substituents is 2. The van der Waals surface area contributed by atoms with Crippen molar-refractivity contribution in [3.8, 4) is 0 Å². The van der Waals surface area contributed by atoms with Crippen LogP contribution in [-0.4, -0.2) is 37.4 Å². The van der Waals surface area contributed by atoms with Gasteiger partial charge in [0.15, 0.2) is 4.34 Å². The van der Waals surface area contributed by atoms with Crippen LogP contribution in [0.4, 0.5) is 11.4 Å². The molecule has 1 aliphatic heterocycles. The molecule has 0 bridgehead atoms. The van der Waals surface area contributed by atoms with Crippen LogP contribution in [0.2, 0.25) is 0 Å². The lowest BCUT2D eigenvalue weighted by molar-refractivity contribution is -0.385. The Hall–Kier alpha value is -4.11. The first-order valence-electron chi connectivity index (χ1n) is 11.3. The number of carbonyl (C=O) groups is 2. The van der Waals surface area contributed by atoms with Gasteiger partial charge in [0.05, 0.1) is 42.6 Å². The molecule has 4 aromatic rings. The van der Waals surface area contributed by atoms with Crippen LogP contribution in [0, 0.1) is 20.2 Å². The number of nitrogens with zero attached hydrogens (tertiary/aromatic N) is 4. The smallest absolute Gasteiger partial charge is 0.276 e. The largest absolute Gasteiger partial charge is 0.285 e. The van der Waals surface area contributed by atoms with Gasteiger partial charge in [-0.15, -0.1) is 11.3 Å². The molecule has 1 aliphatic rings. The van der Waals surface area contributed by atoms with Gasteiger partial charge in [-0.1, -0.05) is 48.2 Å². The molecular formula is C25H17N5O6S3. The van der Waals surface area contributed by atoms with Gasteiger partial charge in [-0.05, 0) is 42.1 Å². The minimum absolute atomic E-state index is 0.131. The molecule has 1 amide bonds. The van der Waals surface area contributed by atoms with Crippen LogP contribution in [0.15, 0.2) is 82.0 Å². The van der Waals surface area contributed by atoms with Crippen molar-refractivity contribution >= 4 is 73.6 Å². The van der Waals surface area contributed by atoms with Gasteiger partial charge in [0.1, 0.15) is 5.37 Å². The van der Waals surface area contributed by atoms with E-state index in [2.05, 4.69) is 10.4 Å². The number of amides is 1. The zero-order valence-corrected chi connectivity index (χ0v) is 22.2. The molecule has 1 atom stereocenters. The molecule has 1 fully saturated rings. The molecule has 1 N–H and O–H groups in total. The van der Waals surface area contributed by atoms with Gasteiger partial charge in [-0.2, -0.15) is 0 Å². The predicted octanol–water partition coefficient (Wildman–Crippen LogP) is 5.55. The second-order valence-corrected chi connectivity index (χ2v) is 11.5. The van der Waals surface area contributed by atoms with Crippen molar-refractivity contribution in [1.82, 2.24) is 15.4 Å². The van der Waals surface area contributed by atoms with Crippen molar-refractivity contribution in [3.63, 3.8) is 0 Å². The Balaban J connectivity index is 1.42. The fourth-order valence-corrected chi connectivity index (χ4v) is 6.98. The van der Waals surface area contributed by atoms with Crippen LogP contribution in [-0.2, 0) is 9.59 Å². The molecule has 5 rings (SSSR count). The van der Waals surface area contributed by atoms with Gasteiger partial charge in [-0.25, -0.2) is 10.4 Å². The number of hydrogen-bond acceptors (Lipinski definition) is 11. The normalized spacial score (nSPS) is 16.2. The van der Waals surface area contributed by atoms with E-state index in [0.29, 0.717) is 4.34 Å². The van der Waals surface area contributed by atoms with E-state index in [1.54, 1.807) is 12.1 Å². The van der Waals surface area contributed by atoms with E-state index >= 15 is 0 Å². The molecule has 1 saturated heterocycles. The fraction of sp³-hybridized carbons (Fsp3) is 0.0800. The summed E-state index contributed by atoms with van der Waals surface area (Å²) >= 11 is 3.31. The summed E-state index contributed by atoms with van der Waals surface area (Å²) in [4.78, 5) is 52.9. The van der Waals surface area contributed by atoms with Crippen LogP contribution in [0.25, 0.3) is 16.3 Å². The maximum atomic E-state index is 13.5. The Morgan fingerprint density at radius 2 is 1.67 bits per heavy atom. The summed E-state index contributed by atoms with van der Waals surface area (Å²) in [5.41, 5.74) is 3.67. The van der Waals surface area contributed by atoms with Crippen molar-refractivity contribution in [2.75, 3.05) is 6.54 Å². The third kappa shape index (κ3) is 5.68. The number of rotatable bonds is 8. The highest BCUT2D eigenvalue weighted by Gasteiger charge is 2.41. The molecule has 11 nitrogen and oxygen atoms in total. The summed E-state index contributed by atoms with van der Waals surface area (Å²) in [6.07, 6.45) is 1.38. The van der Waals surface area contributed by atoms with Gasteiger partial charge in [0.25, 0.3) is 17.3 Å². The van der Waals surface area contributed by atoms with Crippen LogP contribution >= 0.6 is 34.9 Å². The van der Waals surface area contributed by atoms with Gasteiger partial charge in [0.2, 0.25) is 5.12 Å². The highest BCUT2D eigenvalue weighted by atomic mass is 32.2. The molecule has 0 saturated carbocycles. The number of benzene rings is 3. The number of para-hydroxylation sites is 3. The number of carbonyl (C=O) groups excluding carboxylic acids is 2. The Bertz CT molecular complexity index is 1620. The highest BCUT2D eigenvalue weighted by Crippen LogP contribution is 2.48. The molecule has 1 aromatic heterocycles. The molecular weight excluding hydrogens is 563 g/mol. The predicted molar refractivity (Wildman–Crippen MR) is 150 cm³/mol. The monoisotopic (exact) mass is 579 g/mol. The minimum Gasteiger partial charge on any atom is -0.285 e. The molecule has 1 unspecified atom stereocenters. The molecule has 2 heterocycles. The van der Waals surface area contributed by atoms with Crippen LogP contribution < -0.4 is 5.43 Å². The minimum atomic E-state index is -0.895. The molecule has 3 aromatic carbocycles. The van der Waals surface area contributed by atoms with Gasteiger partial charge in [0, 0.05) is 12.1 Å². The number of aromatic nitrogens is 1. The van der Waals surface area contributed by atoms with Crippen LogP contribution in [0.1, 0.15) is 16.5 Å².